The number of alkyl halides is 2. The van der Waals surface area contributed by atoms with Gasteiger partial charge in [-0.3, -0.25) is 14.6 Å². The first-order valence-electron chi connectivity index (χ1n) is 6.77. The Hall–Kier alpha value is -2.05. The minimum atomic E-state index is -3.06. The van der Waals surface area contributed by atoms with Crippen LogP contribution in [0.2, 0.25) is 0 Å². The van der Waals surface area contributed by atoms with Gasteiger partial charge in [0.15, 0.2) is 0 Å². The van der Waals surface area contributed by atoms with Crippen molar-refractivity contribution in [1.29, 1.82) is 0 Å². The molecule has 0 radical (unpaired) electrons. The van der Waals surface area contributed by atoms with Crippen LogP contribution in [0.5, 0.6) is 0 Å². The number of halogens is 2. The Kier molecular flexibility index (Phi) is 3.15. The fraction of sp³-hybridized carbons (Fsp3) is 0.500. The van der Waals surface area contributed by atoms with Crippen LogP contribution in [-0.4, -0.2) is 47.3 Å². The predicted molar refractivity (Wildman–Crippen MR) is 69.8 cm³/mol. The average Bonchev–Trinajstić information content (AvgIpc) is 2.77. The third-order valence-electron chi connectivity index (χ3n) is 4.08. The molecular formula is C14H15F2N3O2. The lowest BCUT2D eigenvalue weighted by Gasteiger charge is -2.42. The first-order valence-corrected chi connectivity index (χ1v) is 6.77. The predicted octanol–water partition coefficient (Wildman–Crippen LogP) is 1.07. The maximum atomic E-state index is 14.0. The fourth-order valence-electron chi connectivity index (χ4n) is 3.16. The second-order valence-corrected chi connectivity index (χ2v) is 5.72. The molecule has 3 heterocycles. The first kappa shape index (κ1) is 13.9. The Morgan fingerprint density at radius 3 is 2.81 bits per heavy atom. The number of hydrogen-bond acceptors (Lipinski definition) is 3. The van der Waals surface area contributed by atoms with Crippen molar-refractivity contribution in [2.24, 2.45) is 5.41 Å². The smallest absolute Gasteiger partial charge is 0.266 e. The van der Waals surface area contributed by atoms with E-state index in [4.69, 9.17) is 0 Å². The van der Waals surface area contributed by atoms with Crippen molar-refractivity contribution in [3.63, 3.8) is 0 Å². The van der Waals surface area contributed by atoms with Crippen molar-refractivity contribution in [2.45, 2.75) is 18.8 Å². The van der Waals surface area contributed by atoms with Crippen LogP contribution in [0.15, 0.2) is 24.5 Å². The zero-order chi connectivity index (χ0) is 15.1. The Morgan fingerprint density at radius 1 is 1.38 bits per heavy atom. The number of carbonyl (C=O) groups is 2. The molecule has 112 valence electrons. The van der Waals surface area contributed by atoms with Crippen LogP contribution in [0.3, 0.4) is 0 Å². The summed E-state index contributed by atoms with van der Waals surface area (Å²) in [5.41, 5.74) is -0.914. The summed E-state index contributed by atoms with van der Waals surface area (Å²) in [6.07, 6.45) is 2.69. The maximum Gasteiger partial charge on any atom is 0.266 e. The lowest BCUT2D eigenvalue weighted by molar-refractivity contribution is -0.144. The van der Waals surface area contributed by atoms with E-state index in [-0.39, 0.29) is 18.0 Å². The van der Waals surface area contributed by atoms with E-state index in [1.54, 1.807) is 6.07 Å². The molecule has 1 spiro atoms. The monoisotopic (exact) mass is 295 g/mol. The average molecular weight is 295 g/mol. The van der Waals surface area contributed by atoms with E-state index in [0.717, 1.165) is 4.90 Å². The van der Waals surface area contributed by atoms with Gasteiger partial charge in [-0.25, -0.2) is 8.78 Å². The molecule has 2 aliphatic heterocycles. The number of nitrogens with zero attached hydrogens (tertiary/aromatic N) is 2. The van der Waals surface area contributed by atoms with Gasteiger partial charge in [0.05, 0.1) is 17.5 Å². The molecule has 0 aliphatic carbocycles. The van der Waals surface area contributed by atoms with Crippen LogP contribution in [0.1, 0.15) is 23.2 Å². The quantitative estimate of drug-likeness (QED) is 0.843. The molecule has 0 saturated carbocycles. The number of pyridine rings is 1. The van der Waals surface area contributed by atoms with Crippen LogP contribution in [0.4, 0.5) is 8.78 Å². The maximum absolute atomic E-state index is 14.0. The molecule has 5 nitrogen and oxygen atoms in total. The third kappa shape index (κ3) is 2.48. The summed E-state index contributed by atoms with van der Waals surface area (Å²) in [5.74, 6) is -3.95. The molecule has 2 aliphatic rings. The molecular weight excluding hydrogens is 280 g/mol. The summed E-state index contributed by atoms with van der Waals surface area (Å²) in [4.78, 5) is 29.2. The van der Waals surface area contributed by atoms with Crippen molar-refractivity contribution in [3.8, 4) is 0 Å². The van der Waals surface area contributed by atoms with Crippen molar-refractivity contribution in [1.82, 2.24) is 15.2 Å². The lowest BCUT2D eigenvalue weighted by atomic mass is 9.77. The number of hydrogen-bond donors (Lipinski definition) is 1. The van der Waals surface area contributed by atoms with Gasteiger partial charge in [-0.05, 0) is 18.6 Å². The van der Waals surface area contributed by atoms with Gasteiger partial charge in [0.25, 0.3) is 11.8 Å². The van der Waals surface area contributed by atoms with Crippen LogP contribution >= 0.6 is 0 Å². The Morgan fingerprint density at radius 2 is 2.19 bits per heavy atom. The summed E-state index contributed by atoms with van der Waals surface area (Å²) < 4.78 is 28.0. The zero-order valence-electron chi connectivity index (χ0n) is 11.3. The second kappa shape index (κ2) is 4.75. The molecule has 7 heteroatoms. The highest BCUT2D eigenvalue weighted by Gasteiger charge is 2.55. The number of amides is 2. The van der Waals surface area contributed by atoms with Crippen molar-refractivity contribution in [2.75, 3.05) is 19.6 Å². The van der Waals surface area contributed by atoms with Gasteiger partial charge in [-0.15, -0.1) is 0 Å². The fourth-order valence-corrected chi connectivity index (χ4v) is 3.16. The minimum absolute atomic E-state index is 0.0299. The van der Waals surface area contributed by atoms with E-state index >= 15 is 0 Å². The van der Waals surface area contributed by atoms with E-state index in [2.05, 4.69) is 10.3 Å². The number of likely N-dealkylation sites (tertiary alicyclic amines) is 1. The Labute approximate surface area is 120 Å². The minimum Gasteiger partial charge on any atom is -0.356 e. The normalized spacial score (nSPS) is 27.7. The van der Waals surface area contributed by atoms with Crippen molar-refractivity contribution < 1.29 is 18.4 Å². The number of carbonyl (C=O) groups excluding carboxylic acids is 2. The van der Waals surface area contributed by atoms with Gasteiger partial charge < -0.3 is 10.2 Å². The van der Waals surface area contributed by atoms with E-state index in [1.807, 2.05) is 0 Å². The molecule has 1 atom stereocenters. The zero-order valence-corrected chi connectivity index (χ0v) is 11.3. The molecule has 0 unspecified atom stereocenters. The molecule has 0 aromatic carbocycles. The summed E-state index contributed by atoms with van der Waals surface area (Å²) >= 11 is 0. The van der Waals surface area contributed by atoms with Gasteiger partial charge in [0.1, 0.15) is 0 Å². The largest absolute Gasteiger partial charge is 0.356 e. The van der Waals surface area contributed by atoms with Crippen LogP contribution in [0.25, 0.3) is 0 Å². The highest BCUT2D eigenvalue weighted by atomic mass is 19.3. The van der Waals surface area contributed by atoms with E-state index < -0.39 is 30.2 Å². The summed E-state index contributed by atoms with van der Waals surface area (Å²) in [5, 5.41) is 2.59. The van der Waals surface area contributed by atoms with Gasteiger partial charge in [0.2, 0.25) is 5.91 Å². The standard InChI is InChI=1S/C14H15F2N3O2/c15-14(16)7-13(3-5-18-12(13)21)8-19(9-14)11(20)10-2-1-4-17-6-10/h1-2,4,6H,3,5,7-9H2,(H,18,21)/t13-/m0/s1. The first-order chi connectivity index (χ1) is 9.92. The second-order valence-electron chi connectivity index (χ2n) is 5.72. The molecule has 2 amide bonds. The molecule has 1 aromatic rings. The van der Waals surface area contributed by atoms with Crippen molar-refractivity contribution >= 4 is 11.8 Å². The van der Waals surface area contributed by atoms with Crippen molar-refractivity contribution in [3.05, 3.63) is 30.1 Å². The Bertz CT molecular complexity index is 579. The lowest BCUT2D eigenvalue weighted by Crippen LogP contribution is -2.56. The van der Waals surface area contributed by atoms with Crippen LogP contribution < -0.4 is 5.32 Å². The molecule has 3 rings (SSSR count). The van der Waals surface area contributed by atoms with Gasteiger partial charge in [-0.2, -0.15) is 0 Å². The van der Waals surface area contributed by atoms with Crippen LogP contribution in [-0.2, 0) is 4.79 Å². The number of nitrogens with one attached hydrogen (secondary N) is 1. The van der Waals surface area contributed by atoms with Crippen LogP contribution in [0, 0.1) is 5.41 Å². The number of rotatable bonds is 1. The van der Waals surface area contributed by atoms with E-state index in [9.17, 15) is 18.4 Å². The number of piperidine rings is 1. The van der Waals surface area contributed by atoms with Gasteiger partial charge in [-0.1, -0.05) is 0 Å². The van der Waals surface area contributed by atoms with E-state index in [1.165, 1.54) is 18.5 Å². The molecule has 2 fully saturated rings. The summed E-state index contributed by atoms with van der Waals surface area (Å²) in [6.45, 7) is -0.248. The topological polar surface area (TPSA) is 62.3 Å². The highest BCUT2D eigenvalue weighted by molar-refractivity contribution is 5.95. The van der Waals surface area contributed by atoms with Gasteiger partial charge in [0, 0.05) is 31.9 Å². The molecule has 1 aromatic heterocycles. The molecule has 21 heavy (non-hydrogen) atoms. The Balaban J connectivity index is 1.89. The SMILES string of the molecule is O=C(c1cccnc1)N1CC(F)(F)C[C@@]2(CCNC2=O)C1. The summed E-state index contributed by atoms with van der Waals surface area (Å²) in [6, 6.07) is 3.11. The van der Waals surface area contributed by atoms with Gasteiger partial charge >= 0.3 is 0 Å². The third-order valence-corrected chi connectivity index (χ3v) is 4.08. The summed E-state index contributed by atoms with van der Waals surface area (Å²) in [7, 11) is 0. The molecule has 1 N–H and O–H groups in total. The molecule has 0 bridgehead atoms. The highest BCUT2D eigenvalue weighted by Crippen LogP contribution is 2.43. The number of aromatic nitrogens is 1. The molecule has 2 saturated heterocycles. The van der Waals surface area contributed by atoms with E-state index in [0.29, 0.717) is 13.0 Å².